The Bertz CT molecular complexity index is 689. The summed E-state index contributed by atoms with van der Waals surface area (Å²) in [4.78, 5) is 4.62. The molecule has 0 amide bonds. The molecule has 0 saturated heterocycles. The molecule has 1 aromatic heterocycles. The topological polar surface area (TPSA) is 12.9 Å². The summed E-state index contributed by atoms with van der Waals surface area (Å²) in [6.07, 6.45) is 0. The Hall–Kier alpha value is -1.09. The molecule has 1 heterocycles. The second kappa shape index (κ2) is 4.88. The van der Waals surface area contributed by atoms with Crippen LogP contribution in [0.3, 0.4) is 0 Å². The van der Waals surface area contributed by atoms with E-state index in [4.69, 9.17) is 23.2 Å². The molecule has 2 aromatic carbocycles. The smallest absolute Gasteiger partial charge is 0.124 e. The van der Waals surface area contributed by atoms with Gasteiger partial charge in [-0.1, -0.05) is 29.8 Å². The number of halogens is 2. The highest BCUT2D eigenvalue weighted by molar-refractivity contribution is 7.21. The van der Waals surface area contributed by atoms with Gasteiger partial charge in [0.2, 0.25) is 0 Å². The van der Waals surface area contributed by atoms with Crippen molar-refractivity contribution in [3.8, 4) is 10.6 Å². The molecule has 18 heavy (non-hydrogen) atoms. The SMILES string of the molecule is ClCc1ccc2nc(-c3ccc(Cl)cc3)sc2c1. The van der Waals surface area contributed by atoms with E-state index >= 15 is 0 Å². The molecule has 0 aliphatic carbocycles. The van der Waals surface area contributed by atoms with Crippen LogP contribution in [0.15, 0.2) is 42.5 Å². The van der Waals surface area contributed by atoms with Gasteiger partial charge in [-0.2, -0.15) is 0 Å². The molecule has 0 spiro atoms. The zero-order valence-corrected chi connectivity index (χ0v) is 11.7. The van der Waals surface area contributed by atoms with Gasteiger partial charge < -0.3 is 0 Å². The van der Waals surface area contributed by atoms with E-state index in [2.05, 4.69) is 11.1 Å². The van der Waals surface area contributed by atoms with Gasteiger partial charge in [-0.25, -0.2) is 4.98 Å². The molecular formula is C14H9Cl2NS. The molecule has 0 radical (unpaired) electrons. The van der Waals surface area contributed by atoms with Crippen molar-refractivity contribution in [2.75, 3.05) is 0 Å². The Morgan fingerprint density at radius 2 is 1.83 bits per heavy atom. The Labute approximate surface area is 119 Å². The molecule has 1 nitrogen and oxygen atoms in total. The second-order valence-corrected chi connectivity index (χ2v) is 5.70. The minimum atomic E-state index is 0.532. The maximum atomic E-state index is 5.89. The summed E-state index contributed by atoms with van der Waals surface area (Å²) >= 11 is 13.4. The third-order valence-electron chi connectivity index (χ3n) is 2.70. The fraction of sp³-hybridized carbons (Fsp3) is 0.0714. The maximum Gasteiger partial charge on any atom is 0.124 e. The minimum Gasteiger partial charge on any atom is -0.236 e. The summed E-state index contributed by atoms with van der Waals surface area (Å²) in [6.45, 7) is 0. The quantitative estimate of drug-likeness (QED) is 0.580. The lowest BCUT2D eigenvalue weighted by atomic mass is 10.2. The number of hydrogen-bond acceptors (Lipinski definition) is 2. The number of rotatable bonds is 2. The van der Waals surface area contributed by atoms with Gasteiger partial charge in [0.25, 0.3) is 0 Å². The van der Waals surface area contributed by atoms with Crippen molar-refractivity contribution >= 4 is 44.8 Å². The highest BCUT2D eigenvalue weighted by atomic mass is 35.5. The zero-order chi connectivity index (χ0) is 12.5. The molecule has 0 fully saturated rings. The van der Waals surface area contributed by atoms with Gasteiger partial charge in [0.05, 0.1) is 10.2 Å². The van der Waals surface area contributed by atoms with Crippen LogP contribution in [0.2, 0.25) is 5.02 Å². The third kappa shape index (κ3) is 2.24. The van der Waals surface area contributed by atoms with E-state index in [1.807, 2.05) is 36.4 Å². The summed E-state index contributed by atoms with van der Waals surface area (Å²) in [6, 6.07) is 13.9. The lowest BCUT2D eigenvalue weighted by Crippen LogP contribution is -1.76. The van der Waals surface area contributed by atoms with E-state index in [0.29, 0.717) is 5.88 Å². The van der Waals surface area contributed by atoms with Gasteiger partial charge in [0, 0.05) is 16.5 Å². The molecule has 0 bridgehead atoms. The van der Waals surface area contributed by atoms with Gasteiger partial charge in [0.1, 0.15) is 5.01 Å². The largest absolute Gasteiger partial charge is 0.236 e. The molecule has 0 aliphatic rings. The van der Waals surface area contributed by atoms with E-state index in [1.54, 1.807) is 11.3 Å². The Balaban J connectivity index is 2.10. The number of thiazole rings is 1. The minimum absolute atomic E-state index is 0.532. The molecular weight excluding hydrogens is 285 g/mol. The van der Waals surface area contributed by atoms with Crippen LogP contribution in [-0.4, -0.2) is 4.98 Å². The molecule has 0 unspecified atom stereocenters. The lowest BCUT2D eigenvalue weighted by Gasteiger charge is -1.94. The van der Waals surface area contributed by atoms with Gasteiger partial charge >= 0.3 is 0 Å². The van der Waals surface area contributed by atoms with Crippen molar-refractivity contribution in [3.05, 3.63) is 53.1 Å². The lowest BCUT2D eigenvalue weighted by molar-refractivity contribution is 1.41. The van der Waals surface area contributed by atoms with Crippen LogP contribution in [0.1, 0.15) is 5.56 Å². The Morgan fingerprint density at radius 3 is 2.56 bits per heavy atom. The van der Waals surface area contributed by atoms with Crippen molar-refractivity contribution in [1.29, 1.82) is 0 Å². The number of aromatic nitrogens is 1. The van der Waals surface area contributed by atoms with Crippen molar-refractivity contribution in [1.82, 2.24) is 4.98 Å². The predicted octanol–water partition coefficient (Wildman–Crippen LogP) is 5.36. The first-order valence-corrected chi connectivity index (χ1v) is 7.20. The van der Waals surface area contributed by atoms with Gasteiger partial charge in [-0.15, -0.1) is 22.9 Å². The normalized spacial score (nSPS) is 11.0. The van der Waals surface area contributed by atoms with Crippen LogP contribution in [0.4, 0.5) is 0 Å². The van der Waals surface area contributed by atoms with Crippen molar-refractivity contribution in [3.63, 3.8) is 0 Å². The van der Waals surface area contributed by atoms with E-state index in [0.717, 1.165) is 31.4 Å². The molecule has 0 aliphatic heterocycles. The number of alkyl halides is 1. The first-order chi connectivity index (χ1) is 8.76. The molecule has 4 heteroatoms. The summed E-state index contributed by atoms with van der Waals surface area (Å²) in [7, 11) is 0. The van der Waals surface area contributed by atoms with E-state index in [9.17, 15) is 0 Å². The molecule has 0 N–H and O–H groups in total. The maximum absolute atomic E-state index is 5.89. The number of hydrogen-bond donors (Lipinski definition) is 0. The first-order valence-electron chi connectivity index (χ1n) is 5.47. The van der Waals surface area contributed by atoms with Gasteiger partial charge in [-0.3, -0.25) is 0 Å². The number of benzene rings is 2. The summed E-state index contributed by atoms with van der Waals surface area (Å²) in [5.41, 5.74) is 3.22. The van der Waals surface area contributed by atoms with Crippen LogP contribution >= 0.6 is 34.5 Å². The van der Waals surface area contributed by atoms with Crippen LogP contribution in [-0.2, 0) is 5.88 Å². The molecule has 3 aromatic rings. The monoisotopic (exact) mass is 293 g/mol. The molecule has 90 valence electrons. The van der Waals surface area contributed by atoms with Crippen molar-refractivity contribution < 1.29 is 0 Å². The van der Waals surface area contributed by atoms with Crippen molar-refractivity contribution in [2.24, 2.45) is 0 Å². The van der Waals surface area contributed by atoms with Gasteiger partial charge in [-0.05, 0) is 29.8 Å². The average molecular weight is 294 g/mol. The number of fused-ring (bicyclic) bond motifs is 1. The second-order valence-electron chi connectivity index (χ2n) is 3.96. The van der Waals surface area contributed by atoms with E-state index in [-0.39, 0.29) is 0 Å². The van der Waals surface area contributed by atoms with E-state index < -0.39 is 0 Å². The Morgan fingerprint density at radius 1 is 1.06 bits per heavy atom. The van der Waals surface area contributed by atoms with Crippen LogP contribution in [0.25, 0.3) is 20.8 Å². The van der Waals surface area contributed by atoms with Crippen molar-refractivity contribution in [2.45, 2.75) is 5.88 Å². The molecule has 3 rings (SSSR count). The third-order valence-corrected chi connectivity index (χ3v) is 4.33. The average Bonchev–Trinajstić information content (AvgIpc) is 2.82. The Kier molecular flexibility index (Phi) is 3.25. The van der Waals surface area contributed by atoms with Crippen LogP contribution in [0, 0.1) is 0 Å². The first kappa shape index (κ1) is 12.0. The fourth-order valence-corrected chi connectivity index (χ4v) is 3.10. The summed E-state index contributed by atoms with van der Waals surface area (Å²) in [5.74, 6) is 0.532. The number of nitrogens with zero attached hydrogens (tertiary/aromatic N) is 1. The standard InChI is InChI=1S/C14H9Cl2NS/c15-8-9-1-6-12-13(7-9)18-14(17-12)10-2-4-11(16)5-3-10/h1-7H,8H2. The fourth-order valence-electron chi connectivity index (χ4n) is 1.77. The molecule has 0 atom stereocenters. The van der Waals surface area contributed by atoms with Crippen LogP contribution < -0.4 is 0 Å². The highest BCUT2D eigenvalue weighted by Gasteiger charge is 2.06. The summed E-state index contributed by atoms with van der Waals surface area (Å²) < 4.78 is 1.16. The zero-order valence-electron chi connectivity index (χ0n) is 9.36. The van der Waals surface area contributed by atoms with Crippen LogP contribution in [0.5, 0.6) is 0 Å². The predicted molar refractivity (Wildman–Crippen MR) is 79.6 cm³/mol. The molecule has 0 saturated carbocycles. The summed E-state index contributed by atoms with van der Waals surface area (Å²) in [5, 5.41) is 1.75. The van der Waals surface area contributed by atoms with Gasteiger partial charge in [0.15, 0.2) is 0 Å². The van der Waals surface area contributed by atoms with E-state index in [1.165, 1.54) is 0 Å². The highest BCUT2D eigenvalue weighted by Crippen LogP contribution is 2.31.